The summed E-state index contributed by atoms with van der Waals surface area (Å²) in [6, 6.07) is 3.14. The van der Waals surface area contributed by atoms with E-state index in [1.165, 1.54) is 6.07 Å². The molecule has 1 aromatic rings. The van der Waals surface area contributed by atoms with Gasteiger partial charge in [-0.05, 0) is 67.9 Å². The van der Waals surface area contributed by atoms with Crippen LogP contribution in [0.2, 0.25) is 0 Å². The zero-order valence-electron chi connectivity index (χ0n) is 12.9. The minimum absolute atomic E-state index is 0.0137. The van der Waals surface area contributed by atoms with E-state index in [1.54, 1.807) is 0 Å². The molecular weight excluding hydrogens is 300 g/mol. The highest BCUT2D eigenvalue weighted by molar-refractivity contribution is 5.91. The Balaban J connectivity index is 1.48. The van der Waals surface area contributed by atoms with E-state index in [4.69, 9.17) is 0 Å². The highest BCUT2D eigenvalue weighted by Gasteiger charge is 2.57. The van der Waals surface area contributed by atoms with Crippen LogP contribution in [0.3, 0.4) is 0 Å². The zero-order valence-corrected chi connectivity index (χ0v) is 12.9. The molecule has 1 aromatic carbocycles. The Labute approximate surface area is 134 Å². The van der Waals surface area contributed by atoms with Gasteiger partial charge in [0.05, 0.1) is 11.3 Å². The highest BCUT2D eigenvalue weighted by Crippen LogP contribution is 2.62. The summed E-state index contributed by atoms with van der Waals surface area (Å²) in [6.07, 6.45) is 5.82. The lowest BCUT2D eigenvalue weighted by atomic mass is 9.47. The van der Waals surface area contributed by atoms with Gasteiger partial charge in [-0.25, -0.2) is 8.78 Å². The number of hydrogen-bond acceptors (Lipinski definition) is 2. The van der Waals surface area contributed by atoms with Gasteiger partial charge in [0.15, 0.2) is 0 Å². The van der Waals surface area contributed by atoms with Crippen LogP contribution in [-0.2, 0) is 4.79 Å². The molecule has 0 spiro atoms. The van der Waals surface area contributed by atoms with Crippen molar-refractivity contribution in [3.63, 3.8) is 0 Å². The summed E-state index contributed by atoms with van der Waals surface area (Å²) in [4.78, 5) is 12.4. The molecule has 0 radical (unpaired) electrons. The second-order valence-corrected chi connectivity index (χ2v) is 8.03. The number of aliphatic hydroxyl groups is 1. The van der Waals surface area contributed by atoms with Gasteiger partial charge in [-0.2, -0.15) is 0 Å². The van der Waals surface area contributed by atoms with E-state index in [0.29, 0.717) is 24.7 Å². The standard InChI is InChI=1S/C18H21F2NO2/c19-13-1-2-15(14(20)4-13)21-16(22)9-17-5-11-3-12(6-17)8-18(23,7-11)10-17/h1-2,4,11-12,23H,3,5-10H2,(H,21,22)/t11-,12+,17?,18?. The Morgan fingerprint density at radius 2 is 1.91 bits per heavy atom. The minimum atomic E-state index is -0.762. The summed E-state index contributed by atoms with van der Waals surface area (Å²) < 4.78 is 26.6. The lowest BCUT2D eigenvalue weighted by Crippen LogP contribution is -2.56. The molecule has 2 N–H and O–H groups in total. The number of amides is 1. The van der Waals surface area contributed by atoms with Crippen LogP contribution in [0.1, 0.15) is 44.9 Å². The van der Waals surface area contributed by atoms with Crippen LogP contribution in [0, 0.1) is 28.9 Å². The summed E-state index contributed by atoms with van der Waals surface area (Å²) >= 11 is 0. The summed E-state index contributed by atoms with van der Waals surface area (Å²) in [5.74, 6) is -0.652. The molecule has 4 atom stereocenters. The van der Waals surface area contributed by atoms with Gasteiger partial charge < -0.3 is 10.4 Å². The summed E-state index contributed by atoms with van der Waals surface area (Å²) in [5, 5.41) is 13.3. The van der Waals surface area contributed by atoms with E-state index >= 15 is 0 Å². The monoisotopic (exact) mass is 321 g/mol. The third-order valence-electron chi connectivity index (χ3n) is 5.89. The molecule has 4 aliphatic carbocycles. The van der Waals surface area contributed by atoms with Gasteiger partial charge in [-0.3, -0.25) is 4.79 Å². The first-order valence-corrected chi connectivity index (χ1v) is 8.32. The van der Waals surface area contributed by atoms with Crippen LogP contribution in [0.15, 0.2) is 18.2 Å². The number of rotatable bonds is 3. The van der Waals surface area contributed by atoms with Crippen LogP contribution in [0.4, 0.5) is 14.5 Å². The zero-order chi connectivity index (χ0) is 16.2. The van der Waals surface area contributed by atoms with Crippen molar-refractivity contribution in [1.82, 2.24) is 0 Å². The number of nitrogens with one attached hydrogen (secondary N) is 1. The molecule has 4 saturated carbocycles. The number of benzene rings is 1. The van der Waals surface area contributed by atoms with Crippen molar-refractivity contribution in [1.29, 1.82) is 0 Å². The second-order valence-electron chi connectivity index (χ2n) is 8.03. The molecular formula is C18H21F2NO2. The molecule has 124 valence electrons. The number of carbonyl (C=O) groups excluding carboxylic acids is 1. The van der Waals surface area contributed by atoms with Gasteiger partial charge in [0.2, 0.25) is 5.91 Å². The van der Waals surface area contributed by atoms with E-state index in [2.05, 4.69) is 5.32 Å². The summed E-state index contributed by atoms with van der Waals surface area (Å²) in [7, 11) is 0. The molecule has 0 aromatic heterocycles. The quantitative estimate of drug-likeness (QED) is 0.893. The van der Waals surface area contributed by atoms with Crippen molar-refractivity contribution in [3.8, 4) is 0 Å². The van der Waals surface area contributed by atoms with Crippen molar-refractivity contribution in [2.24, 2.45) is 17.3 Å². The first-order chi connectivity index (χ1) is 10.8. The Morgan fingerprint density at radius 3 is 2.52 bits per heavy atom. The van der Waals surface area contributed by atoms with Gasteiger partial charge in [-0.1, -0.05) is 0 Å². The minimum Gasteiger partial charge on any atom is -0.390 e. The molecule has 2 unspecified atom stereocenters. The van der Waals surface area contributed by atoms with Crippen molar-refractivity contribution in [2.45, 2.75) is 50.5 Å². The molecule has 23 heavy (non-hydrogen) atoms. The van der Waals surface area contributed by atoms with E-state index in [9.17, 15) is 18.7 Å². The average molecular weight is 321 g/mol. The first kappa shape index (κ1) is 15.1. The van der Waals surface area contributed by atoms with Crippen molar-refractivity contribution < 1.29 is 18.7 Å². The largest absolute Gasteiger partial charge is 0.390 e. The molecule has 3 nitrogen and oxygen atoms in total. The topological polar surface area (TPSA) is 49.3 Å². The van der Waals surface area contributed by atoms with Crippen molar-refractivity contribution in [3.05, 3.63) is 29.8 Å². The van der Waals surface area contributed by atoms with Gasteiger partial charge in [-0.15, -0.1) is 0 Å². The predicted molar refractivity (Wildman–Crippen MR) is 81.7 cm³/mol. The molecule has 4 bridgehead atoms. The maximum atomic E-state index is 13.7. The highest BCUT2D eigenvalue weighted by atomic mass is 19.1. The van der Waals surface area contributed by atoms with E-state index in [1.807, 2.05) is 0 Å². The molecule has 0 saturated heterocycles. The molecule has 4 fully saturated rings. The van der Waals surface area contributed by atoms with Crippen molar-refractivity contribution >= 4 is 11.6 Å². The fraction of sp³-hybridized carbons (Fsp3) is 0.611. The summed E-state index contributed by atoms with van der Waals surface area (Å²) in [5.41, 5.74) is -0.745. The SMILES string of the molecule is O=C(CC12C[C@@H]3C[C@@H](CC(O)(C3)C1)C2)Nc1ccc(F)cc1F. The molecule has 4 aliphatic rings. The number of halogens is 2. The van der Waals surface area contributed by atoms with Gasteiger partial charge >= 0.3 is 0 Å². The second kappa shape index (κ2) is 5.00. The number of anilines is 1. The Morgan fingerprint density at radius 1 is 1.22 bits per heavy atom. The smallest absolute Gasteiger partial charge is 0.225 e. The lowest BCUT2D eigenvalue weighted by Gasteiger charge is -2.60. The third-order valence-corrected chi connectivity index (χ3v) is 5.89. The normalized spacial score (nSPS) is 37.9. The number of hydrogen-bond donors (Lipinski definition) is 2. The van der Waals surface area contributed by atoms with Crippen LogP contribution in [0.5, 0.6) is 0 Å². The fourth-order valence-corrected chi connectivity index (χ4v) is 5.73. The lowest BCUT2D eigenvalue weighted by molar-refractivity contribution is -0.167. The molecule has 0 aliphatic heterocycles. The maximum Gasteiger partial charge on any atom is 0.225 e. The van der Waals surface area contributed by atoms with Crippen molar-refractivity contribution in [2.75, 3.05) is 5.32 Å². The van der Waals surface area contributed by atoms with Gasteiger partial charge in [0, 0.05) is 12.5 Å². The average Bonchev–Trinajstić information content (AvgIpc) is 2.38. The number of carbonyl (C=O) groups is 1. The Hall–Kier alpha value is -1.49. The van der Waals surface area contributed by atoms with Gasteiger partial charge in [0.25, 0.3) is 0 Å². The first-order valence-electron chi connectivity index (χ1n) is 8.32. The van der Waals surface area contributed by atoms with Crippen LogP contribution in [-0.4, -0.2) is 16.6 Å². The molecule has 5 rings (SSSR count). The fourth-order valence-electron chi connectivity index (χ4n) is 5.73. The predicted octanol–water partition coefficient (Wildman–Crippen LogP) is 3.62. The Kier molecular flexibility index (Phi) is 3.28. The van der Waals surface area contributed by atoms with Crippen LogP contribution in [0.25, 0.3) is 0 Å². The van der Waals surface area contributed by atoms with E-state index < -0.39 is 17.2 Å². The van der Waals surface area contributed by atoms with E-state index in [0.717, 1.165) is 44.2 Å². The summed E-state index contributed by atoms with van der Waals surface area (Å²) in [6.45, 7) is 0. The van der Waals surface area contributed by atoms with Crippen LogP contribution < -0.4 is 5.32 Å². The molecule has 5 heteroatoms. The Bertz CT molecular complexity index is 646. The third kappa shape index (κ3) is 2.75. The van der Waals surface area contributed by atoms with Crippen LogP contribution >= 0.6 is 0 Å². The maximum absolute atomic E-state index is 13.7. The molecule has 1 amide bonds. The van der Waals surface area contributed by atoms with E-state index in [-0.39, 0.29) is 17.0 Å². The molecule has 0 heterocycles. The van der Waals surface area contributed by atoms with Gasteiger partial charge in [0.1, 0.15) is 11.6 Å².